The van der Waals surface area contributed by atoms with Gasteiger partial charge < -0.3 is 10.1 Å². The van der Waals surface area contributed by atoms with Gasteiger partial charge in [0.2, 0.25) is 0 Å². The van der Waals surface area contributed by atoms with Gasteiger partial charge in [-0.25, -0.2) is 0 Å². The van der Waals surface area contributed by atoms with Crippen molar-refractivity contribution in [2.24, 2.45) is 0 Å². The molecule has 5 heteroatoms. The van der Waals surface area contributed by atoms with Crippen LogP contribution in [0, 0.1) is 0 Å². The molecule has 1 atom stereocenters. The third-order valence-corrected chi connectivity index (χ3v) is 3.83. The molecule has 3 rings (SSSR count). The van der Waals surface area contributed by atoms with E-state index in [1.165, 1.54) is 6.07 Å². The molecule has 98 valence electrons. The molecule has 2 nitrogen and oxygen atoms in total. The Morgan fingerprint density at radius 1 is 1.33 bits per heavy atom. The molecule has 0 amide bonds. The molecule has 0 unspecified atom stereocenters. The fourth-order valence-electron chi connectivity index (χ4n) is 2.61. The van der Waals surface area contributed by atoms with Gasteiger partial charge in [0.15, 0.2) is 0 Å². The number of likely N-dealkylation sites (N-methyl/N-ethyl adjacent to an activating group) is 1. The van der Waals surface area contributed by atoms with Crippen molar-refractivity contribution in [1.82, 2.24) is 5.32 Å². The van der Waals surface area contributed by atoms with Gasteiger partial charge in [0, 0.05) is 0 Å². The summed E-state index contributed by atoms with van der Waals surface area (Å²) in [5.74, 6) is 0. The Labute approximate surface area is 103 Å². The molecule has 1 spiro atoms. The Kier molecular flexibility index (Phi) is 2.47. The largest absolute Gasteiger partial charge is 0.416 e. The van der Waals surface area contributed by atoms with E-state index in [2.05, 4.69) is 5.32 Å². The lowest BCUT2D eigenvalue weighted by atomic mass is 9.91. The number of rotatable bonds is 1. The molecule has 0 saturated heterocycles. The van der Waals surface area contributed by atoms with E-state index in [9.17, 15) is 13.2 Å². The Morgan fingerprint density at radius 3 is 2.61 bits per heavy atom. The van der Waals surface area contributed by atoms with E-state index in [1.807, 2.05) is 0 Å². The molecule has 1 aromatic carbocycles. The zero-order chi connectivity index (χ0) is 13.0. The minimum Gasteiger partial charge on any atom is -0.368 e. The lowest BCUT2D eigenvalue weighted by Crippen LogP contribution is -2.33. The average Bonchev–Trinajstić information content (AvgIpc) is 3.09. The van der Waals surface area contributed by atoms with Crippen molar-refractivity contribution in [3.63, 3.8) is 0 Å². The van der Waals surface area contributed by atoms with Gasteiger partial charge in [0.1, 0.15) is 0 Å². The topological polar surface area (TPSA) is 21.3 Å². The zero-order valence-corrected chi connectivity index (χ0v) is 9.97. The number of ether oxygens (including phenoxy) is 1. The highest BCUT2D eigenvalue weighted by atomic mass is 19.4. The fourth-order valence-corrected chi connectivity index (χ4v) is 2.61. The molecule has 0 aromatic heterocycles. The van der Waals surface area contributed by atoms with Crippen LogP contribution in [0.15, 0.2) is 18.2 Å². The molecule has 1 aliphatic carbocycles. The van der Waals surface area contributed by atoms with Gasteiger partial charge in [-0.2, -0.15) is 13.2 Å². The van der Waals surface area contributed by atoms with E-state index in [1.54, 1.807) is 13.1 Å². The summed E-state index contributed by atoms with van der Waals surface area (Å²) >= 11 is 0. The van der Waals surface area contributed by atoms with E-state index in [-0.39, 0.29) is 6.04 Å². The van der Waals surface area contributed by atoms with Crippen molar-refractivity contribution in [2.75, 3.05) is 13.7 Å². The number of fused-ring (bicyclic) bond motifs is 2. The standard InChI is InChI=1S/C13H14F3NO/c1-17-11-7-18-12(4-5-12)10-6-8(13(14,15)16)2-3-9(10)11/h2-3,6,11,17H,4-5,7H2,1H3/t11-/m1/s1. The van der Waals surface area contributed by atoms with Crippen LogP contribution in [0.2, 0.25) is 0 Å². The molecule has 1 heterocycles. The predicted molar refractivity (Wildman–Crippen MR) is 60.1 cm³/mol. The molecule has 1 N–H and O–H groups in total. The Hall–Kier alpha value is -1.07. The second-order valence-electron chi connectivity index (χ2n) is 4.95. The van der Waals surface area contributed by atoms with Gasteiger partial charge in [-0.15, -0.1) is 0 Å². The van der Waals surface area contributed by atoms with E-state index in [0.717, 1.165) is 24.5 Å². The second-order valence-corrected chi connectivity index (χ2v) is 4.95. The summed E-state index contributed by atoms with van der Waals surface area (Å²) in [6.45, 7) is 0.523. The van der Waals surface area contributed by atoms with Crippen molar-refractivity contribution in [2.45, 2.75) is 30.7 Å². The number of nitrogens with one attached hydrogen (secondary N) is 1. The van der Waals surface area contributed by atoms with Crippen molar-refractivity contribution >= 4 is 0 Å². The van der Waals surface area contributed by atoms with Crippen LogP contribution in [0.1, 0.15) is 35.6 Å². The minimum absolute atomic E-state index is 0.0199. The highest BCUT2D eigenvalue weighted by Gasteiger charge is 2.51. The van der Waals surface area contributed by atoms with Crippen molar-refractivity contribution in [3.05, 3.63) is 34.9 Å². The van der Waals surface area contributed by atoms with Crippen LogP contribution < -0.4 is 5.32 Å². The molecule has 18 heavy (non-hydrogen) atoms. The third kappa shape index (κ3) is 1.73. The number of alkyl halides is 3. The maximum absolute atomic E-state index is 12.8. The first-order chi connectivity index (χ1) is 8.46. The Bertz CT molecular complexity index is 480. The normalized spacial score (nSPS) is 25.0. The van der Waals surface area contributed by atoms with Crippen LogP contribution in [0.4, 0.5) is 13.2 Å². The fraction of sp³-hybridized carbons (Fsp3) is 0.538. The number of halogens is 3. The van der Waals surface area contributed by atoms with Gasteiger partial charge in [-0.05, 0) is 43.1 Å². The maximum atomic E-state index is 12.8. The van der Waals surface area contributed by atoms with Gasteiger partial charge >= 0.3 is 6.18 Å². The Morgan fingerprint density at radius 2 is 2.06 bits per heavy atom. The lowest BCUT2D eigenvalue weighted by molar-refractivity contribution is -0.137. The zero-order valence-electron chi connectivity index (χ0n) is 9.97. The monoisotopic (exact) mass is 257 g/mol. The molecule has 1 aliphatic heterocycles. The Balaban J connectivity index is 2.10. The van der Waals surface area contributed by atoms with Crippen molar-refractivity contribution in [3.8, 4) is 0 Å². The molecule has 1 fully saturated rings. The smallest absolute Gasteiger partial charge is 0.368 e. The first kappa shape index (κ1) is 12.0. The summed E-state index contributed by atoms with van der Waals surface area (Å²) < 4.78 is 44.0. The van der Waals surface area contributed by atoms with Gasteiger partial charge in [-0.1, -0.05) is 6.07 Å². The highest BCUT2D eigenvalue weighted by molar-refractivity contribution is 5.43. The summed E-state index contributed by atoms with van der Waals surface area (Å²) in [5.41, 5.74) is 0.620. The van der Waals surface area contributed by atoms with E-state index in [4.69, 9.17) is 4.74 Å². The number of hydrogen-bond donors (Lipinski definition) is 1. The second kappa shape index (κ2) is 3.71. The summed E-state index contributed by atoms with van der Waals surface area (Å²) in [6.07, 6.45) is -2.66. The lowest BCUT2D eigenvalue weighted by Gasteiger charge is -2.32. The van der Waals surface area contributed by atoms with Crippen molar-refractivity contribution in [1.29, 1.82) is 0 Å². The highest BCUT2D eigenvalue weighted by Crippen LogP contribution is 2.54. The summed E-state index contributed by atoms with van der Waals surface area (Å²) in [4.78, 5) is 0. The molecule has 1 saturated carbocycles. The first-order valence-electron chi connectivity index (χ1n) is 5.99. The van der Waals surface area contributed by atoms with Crippen LogP contribution in [0.25, 0.3) is 0 Å². The average molecular weight is 257 g/mol. The summed E-state index contributed by atoms with van der Waals surface area (Å²) in [5, 5.41) is 3.08. The maximum Gasteiger partial charge on any atom is 0.416 e. The van der Waals surface area contributed by atoms with Crippen LogP contribution in [-0.2, 0) is 16.5 Å². The summed E-state index contributed by atoms with van der Waals surface area (Å²) in [7, 11) is 1.79. The molecule has 0 bridgehead atoms. The molecular weight excluding hydrogens is 243 g/mol. The van der Waals surface area contributed by atoms with Crippen LogP contribution >= 0.6 is 0 Å². The first-order valence-corrected chi connectivity index (χ1v) is 5.99. The minimum atomic E-state index is -4.29. The predicted octanol–water partition coefficient (Wildman–Crippen LogP) is 2.99. The van der Waals surface area contributed by atoms with Crippen LogP contribution in [-0.4, -0.2) is 13.7 Å². The third-order valence-electron chi connectivity index (χ3n) is 3.83. The SMILES string of the molecule is CN[C@@H]1COC2(CC2)c2cc(C(F)(F)F)ccc21. The molecular formula is C13H14F3NO. The van der Waals surface area contributed by atoms with Gasteiger partial charge in [0.05, 0.1) is 23.8 Å². The number of benzene rings is 1. The molecule has 0 radical (unpaired) electrons. The van der Waals surface area contributed by atoms with Crippen LogP contribution in [0.3, 0.4) is 0 Å². The van der Waals surface area contributed by atoms with Gasteiger partial charge in [0.25, 0.3) is 0 Å². The van der Waals surface area contributed by atoms with Crippen LogP contribution in [0.5, 0.6) is 0 Å². The number of hydrogen-bond acceptors (Lipinski definition) is 2. The van der Waals surface area contributed by atoms with Crippen molar-refractivity contribution < 1.29 is 17.9 Å². The van der Waals surface area contributed by atoms with E-state index in [0.29, 0.717) is 12.2 Å². The van der Waals surface area contributed by atoms with E-state index < -0.39 is 17.3 Å². The molecule has 2 aliphatic rings. The summed E-state index contributed by atoms with van der Waals surface area (Å²) in [6, 6.07) is 3.98. The van der Waals surface area contributed by atoms with E-state index >= 15 is 0 Å². The quantitative estimate of drug-likeness (QED) is 0.835. The molecule has 1 aromatic rings. The van der Waals surface area contributed by atoms with Gasteiger partial charge in [-0.3, -0.25) is 0 Å².